The van der Waals surface area contributed by atoms with Crippen LogP contribution in [0.5, 0.6) is 0 Å². The van der Waals surface area contributed by atoms with E-state index >= 15 is 0 Å². The Kier molecular flexibility index (Phi) is 4.28. The molecule has 2 aromatic rings. The molecule has 2 rings (SSSR count). The van der Waals surface area contributed by atoms with E-state index in [1.807, 2.05) is 44.4 Å². The summed E-state index contributed by atoms with van der Waals surface area (Å²) in [5.41, 5.74) is 4.64. The van der Waals surface area contributed by atoms with Gasteiger partial charge in [0.05, 0.1) is 6.42 Å². The molecule has 3 heteroatoms. The molecule has 0 aliphatic carbocycles. The molecular formula is C17H22N2O. The first-order chi connectivity index (χ1) is 9.49. The molecule has 1 aromatic heterocycles. The average Bonchev–Trinajstić information content (AvgIpc) is 2.67. The number of rotatable bonds is 4. The van der Waals surface area contributed by atoms with Gasteiger partial charge in [-0.1, -0.05) is 30.3 Å². The predicted octanol–water partition coefficient (Wildman–Crippen LogP) is 2.84. The molecule has 0 N–H and O–H groups in total. The number of hydrogen-bond acceptors (Lipinski definition) is 1. The first kappa shape index (κ1) is 14.4. The van der Waals surface area contributed by atoms with E-state index in [-0.39, 0.29) is 5.91 Å². The fourth-order valence-corrected chi connectivity index (χ4v) is 2.36. The van der Waals surface area contributed by atoms with Crippen molar-refractivity contribution in [1.82, 2.24) is 9.47 Å². The first-order valence-corrected chi connectivity index (χ1v) is 6.88. The zero-order valence-electron chi connectivity index (χ0n) is 12.7. The summed E-state index contributed by atoms with van der Waals surface area (Å²) in [4.78, 5) is 14.1. The van der Waals surface area contributed by atoms with Crippen molar-refractivity contribution in [3.63, 3.8) is 0 Å². The lowest BCUT2D eigenvalue weighted by Gasteiger charge is -2.17. The zero-order chi connectivity index (χ0) is 14.7. The van der Waals surface area contributed by atoms with Gasteiger partial charge in [0.2, 0.25) is 5.91 Å². The Morgan fingerprint density at radius 3 is 2.40 bits per heavy atom. The molecule has 3 nitrogen and oxygen atoms in total. The van der Waals surface area contributed by atoms with Crippen LogP contribution in [0.1, 0.15) is 22.5 Å². The smallest absolute Gasteiger partial charge is 0.227 e. The Bertz CT molecular complexity index is 599. The van der Waals surface area contributed by atoms with E-state index < -0.39 is 0 Å². The molecule has 1 aromatic carbocycles. The molecule has 1 amide bonds. The second-order valence-electron chi connectivity index (χ2n) is 5.37. The van der Waals surface area contributed by atoms with Crippen LogP contribution in [0.3, 0.4) is 0 Å². The van der Waals surface area contributed by atoms with E-state index in [9.17, 15) is 4.79 Å². The highest BCUT2D eigenvalue weighted by Gasteiger charge is 2.14. The highest BCUT2D eigenvalue weighted by atomic mass is 16.2. The second kappa shape index (κ2) is 5.95. The normalized spacial score (nSPS) is 10.6. The van der Waals surface area contributed by atoms with Crippen molar-refractivity contribution in [3.8, 4) is 0 Å². The van der Waals surface area contributed by atoms with Crippen molar-refractivity contribution in [2.75, 3.05) is 7.05 Å². The third kappa shape index (κ3) is 3.10. The first-order valence-electron chi connectivity index (χ1n) is 6.88. The lowest BCUT2D eigenvalue weighted by atomic mass is 10.1. The largest absolute Gasteiger partial charge is 0.352 e. The molecule has 0 unspecified atom stereocenters. The van der Waals surface area contributed by atoms with Crippen molar-refractivity contribution in [1.29, 1.82) is 0 Å². The van der Waals surface area contributed by atoms with E-state index in [0.29, 0.717) is 13.0 Å². The molecule has 106 valence electrons. The van der Waals surface area contributed by atoms with Crippen LogP contribution >= 0.6 is 0 Å². The van der Waals surface area contributed by atoms with Gasteiger partial charge in [0.25, 0.3) is 0 Å². The summed E-state index contributed by atoms with van der Waals surface area (Å²) in [5, 5.41) is 0. The Morgan fingerprint density at radius 2 is 1.85 bits per heavy atom. The molecule has 0 saturated carbocycles. The van der Waals surface area contributed by atoms with Gasteiger partial charge in [-0.05, 0) is 31.0 Å². The van der Waals surface area contributed by atoms with Crippen LogP contribution in [0, 0.1) is 13.8 Å². The predicted molar refractivity (Wildman–Crippen MR) is 81.5 cm³/mol. The van der Waals surface area contributed by atoms with Crippen LogP contribution in [0.15, 0.2) is 36.4 Å². The molecule has 0 bridgehead atoms. The SMILES string of the molecule is Cc1cc(CC(=O)N(C)Cc2ccccc2)c(C)n1C. The summed E-state index contributed by atoms with van der Waals surface area (Å²) in [6, 6.07) is 12.2. The van der Waals surface area contributed by atoms with Gasteiger partial charge in [-0.3, -0.25) is 4.79 Å². The summed E-state index contributed by atoms with van der Waals surface area (Å²) < 4.78 is 2.12. The number of aromatic nitrogens is 1. The molecule has 1 heterocycles. The number of hydrogen-bond donors (Lipinski definition) is 0. The molecule has 0 saturated heterocycles. The maximum Gasteiger partial charge on any atom is 0.227 e. The van der Waals surface area contributed by atoms with Gasteiger partial charge in [0.15, 0.2) is 0 Å². The van der Waals surface area contributed by atoms with E-state index in [1.54, 1.807) is 4.90 Å². The molecule has 0 aliphatic heterocycles. The van der Waals surface area contributed by atoms with Crippen molar-refractivity contribution in [3.05, 3.63) is 58.9 Å². The number of carbonyl (C=O) groups excluding carboxylic acids is 1. The minimum Gasteiger partial charge on any atom is -0.352 e. The van der Waals surface area contributed by atoms with Crippen LogP contribution in [0.2, 0.25) is 0 Å². The Labute approximate surface area is 120 Å². The molecule has 0 aliphatic rings. The Hall–Kier alpha value is -2.03. The molecule has 0 atom stereocenters. The number of benzene rings is 1. The van der Waals surface area contributed by atoms with E-state index in [0.717, 1.165) is 11.1 Å². The molecule has 20 heavy (non-hydrogen) atoms. The van der Waals surface area contributed by atoms with Gasteiger partial charge >= 0.3 is 0 Å². The van der Waals surface area contributed by atoms with Crippen molar-refractivity contribution < 1.29 is 4.79 Å². The Balaban J connectivity index is 2.02. The zero-order valence-corrected chi connectivity index (χ0v) is 12.7. The number of nitrogens with zero attached hydrogens (tertiary/aromatic N) is 2. The maximum absolute atomic E-state index is 12.3. The van der Waals surface area contributed by atoms with Crippen molar-refractivity contribution in [2.45, 2.75) is 26.8 Å². The molecule has 0 radical (unpaired) electrons. The molecule has 0 fully saturated rings. The highest BCUT2D eigenvalue weighted by Crippen LogP contribution is 2.15. The van der Waals surface area contributed by atoms with E-state index in [2.05, 4.69) is 24.5 Å². The second-order valence-corrected chi connectivity index (χ2v) is 5.37. The van der Waals surface area contributed by atoms with Crippen LogP contribution < -0.4 is 0 Å². The number of likely N-dealkylation sites (N-methyl/N-ethyl adjacent to an activating group) is 1. The summed E-state index contributed by atoms with van der Waals surface area (Å²) in [7, 11) is 3.90. The summed E-state index contributed by atoms with van der Waals surface area (Å²) in [5.74, 6) is 0.155. The van der Waals surface area contributed by atoms with Crippen LogP contribution in [0.4, 0.5) is 0 Å². The number of amides is 1. The number of aryl methyl sites for hydroxylation is 1. The fraction of sp³-hybridized carbons (Fsp3) is 0.353. The Morgan fingerprint density at radius 1 is 1.20 bits per heavy atom. The number of carbonyl (C=O) groups is 1. The van der Waals surface area contributed by atoms with Gasteiger partial charge in [-0.2, -0.15) is 0 Å². The standard InChI is InChI=1S/C17H22N2O/c1-13-10-16(14(2)19(13)4)11-17(20)18(3)12-15-8-6-5-7-9-15/h5-10H,11-12H2,1-4H3. The quantitative estimate of drug-likeness (QED) is 0.838. The minimum absolute atomic E-state index is 0.155. The van der Waals surface area contributed by atoms with Gasteiger partial charge < -0.3 is 9.47 Å². The summed E-state index contributed by atoms with van der Waals surface area (Å²) in [6.45, 7) is 4.78. The third-order valence-electron chi connectivity index (χ3n) is 3.91. The van der Waals surface area contributed by atoms with Crippen molar-refractivity contribution in [2.24, 2.45) is 7.05 Å². The highest BCUT2D eigenvalue weighted by molar-refractivity contribution is 5.78. The monoisotopic (exact) mass is 270 g/mol. The molecule has 0 spiro atoms. The minimum atomic E-state index is 0.155. The van der Waals surface area contributed by atoms with E-state index in [4.69, 9.17) is 0 Å². The molecular weight excluding hydrogens is 248 g/mol. The summed E-state index contributed by atoms with van der Waals surface area (Å²) in [6.07, 6.45) is 0.469. The summed E-state index contributed by atoms with van der Waals surface area (Å²) >= 11 is 0. The van der Waals surface area contributed by atoms with E-state index in [1.165, 1.54) is 11.4 Å². The van der Waals surface area contributed by atoms with Gasteiger partial charge in [-0.25, -0.2) is 0 Å². The lowest BCUT2D eigenvalue weighted by Crippen LogP contribution is -2.27. The fourth-order valence-electron chi connectivity index (χ4n) is 2.36. The van der Waals surface area contributed by atoms with Crippen LogP contribution in [-0.2, 0) is 24.8 Å². The van der Waals surface area contributed by atoms with Gasteiger partial charge in [0.1, 0.15) is 0 Å². The van der Waals surface area contributed by atoms with Crippen LogP contribution in [-0.4, -0.2) is 22.4 Å². The third-order valence-corrected chi connectivity index (χ3v) is 3.91. The maximum atomic E-state index is 12.3. The van der Waals surface area contributed by atoms with Crippen LogP contribution in [0.25, 0.3) is 0 Å². The van der Waals surface area contributed by atoms with Gasteiger partial charge in [-0.15, -0.1) is 0 Å². The average molecular weight is 270 g/mol. The topological polar surface area (TPSA) is 25.2 Å². The lowest BCUT2D eigenvalue weighted by molar-refractivity contribution is -0.129. The van der Waals surface area contributed by atoms with Gasteiger partial charge in [0, 0.05) is 32.0 Å². The van der Waals surface area contributed by atoms with Crippen molar-refractivity contribution >= 4 is 5.91 Å².